The van der Waals surface area contributed by atoms with Crippen molar-refractivity contribution in [3.8, 4) is 0 Å². The first kappa shape index (κ1) is 8.69. The predicted molar refractivity (Wildman–Crippen MR) is 54.2 cm³/mol. The Bertz CT molecular complexity index is 398. The van der Waals surface area contributed by atoms with E-state index in [1.165, 1.54) is 0 Å². The normalized spacial score (nSPS) is 19.2. The van der Waals surface area contributed by atoms with E-state index in [0.29, 0.717) is 17.2 Å². The molecule has 0 aromatic rings. The number of nitrogens with one attached hydrogen (secondary N) is 1. The third-order valence-electron chi connectivity index (χ3n) is 2.01. The molecule has 2 N–H and O–H groups in total. The van der Waals surface area contributed by atoms with Crippen molar-refractivity contribution in [1.29, 1.82) is 0 Å². The number of likely N-dealkylation sites (N-methyl/N-ethyl adjacent to an activating group) is 1. The quantitative estimate of drug-likeness (QED) is 0.662. The van der Waals surface area contributed by atoms with Gasteiger partial charge in [-0.05, 0) is 24.3 Å². The van der Waals surface area contributed by atoms with Crippen LogP contribution in [-0.4, -0.2) is 12.2 Å². The number of hydrogen-bond acceptors (Lipinski definition) is 3. The molecule has 0 amide bonds. The molecule has 0 aromatic carbocycles. The Balaban J connectivity index is 2.52. The average Bonchev–Trinajstić information content (AvgIpc) is 2.49. The molecule has 3 heteroatoms. The van der Waals surface area contributed by atoms with Crippen LogP contribution in [0.4, 0.5) is 0 Å². The number of allylic oxidation sites excluding steroid dienone is 6. The van der Waals surface area contributed by atoms with E-state index < -0.39 is 0 Å². The highest BCUT2D eigenvalue weighted by molar-refractivity contribution is 5.42. The molecule has 2 aliphatic rings. The van der Waals surface area contributed by atoms with Gasteiger partial charge in [0.1, 0.15) is 17.2 Å². The van der Waals surface area contributed by atoms with Crippen LogP contribution >= 0.6 is 0 Å². The molecule has 2 rings (SSSR count). The summed E-state index contributed by atoms with van der Waals surface area (Å²) in [4.78, 5) is 0. The van der Waals surface area contributed by atoms with Crippen LogP contribution in [0, 0.1) is 0 Å². The Kier molecular flexibility index (Phi) is 2.14. The number of fused-ring (bicyclic) bond motifs is 2. The number of aliphatic hydroxyl groups excluding tert-OH is 1. The minimum absolute atomic E-state index is 0.178. The highest BCUT2D eigenvalue weighted by Gasteiger charge is 2.14. The highest BCUT2D eigenvalue weighted by atomic mass is 16.5. The van der Waals surface area contributed by atoms with Crippen molar-refractivity contribution < 1.29 is 9.84 Å². The fourth-order valence-electron chi connectivity index (χ4n) is 1.33. The van der Waals surface area contributed by atoms with Crippen LogP contribution in [0.25, 0.3) is 0 Å². The molecule has 0 saturated heterocycles. The Labute approximate surface area is 82.4 Å². The third kappa shape index (κ3) is 1.44. The van der Waals surface area contributed by atoms with Gasteiger partial charge in [0.2, 0.25) is 0 Å². The second-order valence-corrected chi connectivity index (χ2v) is 2.93. The van der Waals surface area contributed by atoms with Crippen molar-refractivity contribution in [1.82, 2.24) is 5.32 Å². The van der Waals surface area contributed by atoms with Gasteiger partial charge in [-0.1, -0.05) is 12.2 Å². The molecule has 0 unspecified atom stereocenters. The lowest BCUT2D eigenvalue weighted by Gasteiger charge is -2.10. The van der Waals surface area contributed by atoms with E-state index in [9.17, 15) is 5.11 Å². The van der Waals surface area contributed by atoms with Gasteiger partial charge in [0, 0.05) is 7.05 Å². The smallest absolute Gasteiger partial charge is 0.154 e. The maximum absolute atomic E-state index is 9.65. The van der Waals surface area contributed by atoms with E-state index in [4.69, 9.17) is 4.74 Å². The molecule has 2 aliphatic heterocycles. The number of aliphatic hydroxyl groups is 1. The second-order valence-electron chi connectivity index (χ2n) is 2.93. The summed E-state index contributed by atoms with van der Waals surface area (Å²) in [5.41, 5.74) is 0.594. The van der Waals surface area contributed by atoms with Gasteiger partial charge in [-0.3, -0.25) is 0 Å². The molecule has 72 valence electrons. The SMILES string of the molecule is CNC1=C(O)C=CC2=CC=CC=C1O2. The average molecular weight is 189 g/mol. The molecule has 0 saturated carbocycles. The Morgan fingerprint density at radius 2 is 2.00 bits per heavy atom. The maximum Gasteiger partial charge on any atom is 0.154 e. The van der Waals surface area contributed by atoms with E-state index in [1.54, 1.807) is 25.3 Å². The Hall–Kier alpha value is -1.90. The lowest BCUT2D eigenvalue weighted by Crippen LogP contribution is -2.11. The number of rotatable bonds is 1. The van der Waals surface area contributed by atoms with Gasteiger partial charge >= 0.3 is 0 Å². The standard InChI is InChI=1S/C11H11NO2/c1-12-11-9(13)7-6-8-4-2-3-5-10(11)14-8/h2-7,12-13H,1H3. The number of hydrogen-bond donors (Lipinski definition) is 2. The third-order valence-corrected chi connectivity index (χ3v) is 2.01. The van der Waals surface area contributed by atoms with Crippen LogP contribution in [-0.2, 0) is 4.74 Å². The molecule has 0 radical (unpaired) electrons. The monoisotopic (exact) mass is 189 g/mol. The van der Waals surface area contributed by atoms with Gasteiger partial charge in [-0.15, -0.1) is 0 Å². The van der Waals surface area contributed by atoms with Crippen molar-refractivity contribution in [3.63, 3.8) is 0 Å². The molecule has 0 fully saturated rings. The van der Waals surface area contributed by atoms with E-state index in [0.717, 1.165) is 0 Å². The minimum atomic E-state index is 0.178. The first-order chi connectivity index (χ1) is 6.81. The van der Waals surface area contributed by atoms with Crippen LogP contribution in [0.3, 0.4) is 0 Å². The molecule has 2 heterocycles. The van der Waals surface area contributed by atoms with Crippen molar-refractivity contribution in [2.24, 2.45) is 0 Å². The fourth-order valence-corrected chi connectivity index (χ4v) is 1.33. The lowest BCUT2D eigenvalue weighted by molar-refractivity contribution is 0.322. The lowest BCUT2D eigenvalue weighted by atomic mass is 10.2. The summed E-state index contributed by atoms with van der Waals surface area (Å²) in [6, 6.07) is 0. The topological polar surface area (TPSA) is 41.5 Å². The fraction of sp³-hybridized carbons (Fsp3) is 0.0909. The van der Waals surface area contributed by atoms with Crippen LogP contribution in [0.2, 0.25) is 0 Å². The van der Waals surface area contributed by atoms with Gasteiger partial charge in [-0.2, -0.15) is 0 Å². The van der Waals surface area contributed by atoms with Crippen LogP contribution in [0.15, 0.2) is 59.4 Å². The molecule has 14 heavy (non-hydrogen) atoms. The van der Waals surface area contributed by atoms with Gasteiger partial charge < -0.3 is 15.2 Å². The van der Waals surface area contributed by atoms with Gasteiger partial charge in [0.15, 0.2) is 5.76 Å². The molecular formula is C11H11NO2. The van der Waals surface area contributed by atoms with E-state index in [1.807, 2.05) is 18.2 Å². The zero-order chi connectivity index (χ0) is 9.97. The van der Waals surface area contributed by atoms with Crippen LogP contribution in [0.5, 0.6) is 0 Å². The zero-order valence-corrected chi connectivity index (χ0v) is 7.82. The zero-order valence-electron chi connectivity index (χ0n) is 7.82. The Morgan fingerprint density at radius 1 is 1.21 bits per heavy atom. The van der Waals surface area contributed by atoms with Crippen molar-refractivity contribution in [2.45, 2.75) is 0 Å². The van der Waals surface area contributed by atoms with Crippen molar-refractivity contribution in [3.05, 3.63) is 59.4 Å². The summed E-state index contributed by atoms with van der Waals surface area (Å²) in [5.74, 6) is 1.51. The summed E-state index contributed by atoms with van der Waals surface area (Å²) >= 11 is 0. The van der Waals surface area contributed by atoms with Crippen molar-refractivity contribution >= 4 is 0 Å². The molecule has 0 aromatic heterocycles. The summed E-state index contributed by atoms with van der Waals surface area (Å²) in [6.45, 7) is 0. The van der Waals surface area contributed by atoms with Crippen LogP contribution < -0.4 is 5.32 Å². The number of ether oxygens (including phenoxy) is 1. The first-order valence-electron chi connectivity index (χ1n) is 4.37. The van der Waals surface area contributed by atoms with Crippen LogP contribution in [0.1, 0.15) is 0 Å². The first-order valence-corrected chi connectivity index (χ1v) is 4.37. The summed E-state index contributed by atoms with van der Waals surface area (Å²) in [7, 11) is 1.74. The summed E-state index contributed by atoms with van der Waals surface area (Å²) < 4.78 is 5.54. The molecule has 3 nitrogen and oxygen atoms in total. The van der Waals surface area contributed by atoms with Gasteiger partial charge in [0.25, 0.3) is 0 Å². The summed E-state index contributed by atoms with van der Waals surface area (Å²) in [6.07, 6.45) is 10.7. The maximum atomic E-state index is 9.65. The van der Waals surface area contributed by atoms with E-state index in [-0.39, 0.29) is 5.76 Å². The molecular weight excluding hydrogens is 178 g/mol. The highest BCUT2D eigenvalue weighted by Crippen LogP contribution is 2.23. The Morgan fingerprint density at radius 3 is 2.79 bits per heavy atom. The molecule has 0 atom stereocenters. The van der Waals surface area contributed by atoms with Gasteiger partial charge in [0.05, 0.1) is 0 Å². The summed E-state index contributed by atoms with van der Waals surface area (Å²) in [5, 5.41) is 12.5. The molecule has 0 aliphatic carbocycles. The van der Waals surface area contributed by atoms with Crippen molar-refractivity contribution in [2.75, 3.05) is 7.05 Å². The predicted octanol–water partition coefficient (Wildman–Crippen LogP) is 1.90. The van der Waals surface area contributed by atoms with Gasteiger partial charge in [-0.25, -0.2) is 0 Å². The molecule has 2 bridgehead atoms. The minimum Gasteiger partial charge on any atom is -0.506 e. The largest absolute Gasteiger partial charge is 0.506 e. The van der Waals surface area contributed by atoms with E-state index in [2.05, 4.69) is 5.32 Å². The second kappa shape index (κ2) is 3.46. The molecule has 0 spiro atoms. The van der Waals surface area contributed by atoms with E-state index >= 15 is 0 Å².